The van der Waals surface area contributed by atoms with Gasteiger partial charge in [0, 0.05) is 35.3 Å². The smallest absolute Gasteiger partial charge is 0.0705 e. The van der Waals surface area contributed by atoms with Crippen LogP contribution in [0.5, 0.6) is 0 Å². The van der Waals surface area contributed by atoms with Crippen LogP contribution in [-0.4, -0.2) is 15.0 Å². The van der Waals surface area contributed by atoms with E-state index in [1.54, 1.807) is 0 Å². The van der Waals surface area contributed by atoms with Crippen molar-refractivity contribution in [2.75, 3.05) is 0 Å². The highest BCUT2D eigenvalue weighted by Crippen LogP contribution is 2.30. The number of rotatable bonds is 3. The van der Waals surface area contributed by atoms with Crippen LogP contribution < -0.4 is 0 Å². The van der Waals surface area contributed by atoms with Crippen LogP contribution in [0.1, 0.15) is 5.56 Å². The van der Waals surface area contributed by atoms with Crippen molar-refractivity contribution in [1.29, 1.82) is 0 Å². The van der Waals surface area contributed by atoms with Crippen molar-refractivity contribution < 1.29 is 0 Å². The number of aryl methyl sites for hydroxylation is 1. The van der Waals surface area contributed by atoms with Gasteiger partial charge in [0.05, 0.1) is 17.1 Å². The van der Waals surface area contributed by atoms with E-state index in [2.05, 4.69) is 46.1 Å². The molecule has 3 heterocycles. The molecule has 0 spiro atoms. The zero-order valence-electron chi connectivity index (χ0n) is 13.9. The topological polar surface area (TPSA) is 38.7 Å². The van der Waals surface area contributed by atoms with Gasteiger partial charge in [-0.15, -0.1) is 0 Å². The van der Waals surface area contributed by atoms with E-state index in [1.165, 1.54) is 5.56 Å². The zero-order chi connectivity index (χ0) is 17.1. The summed E-state index contributed by atoms with van der Waals surface area (Å²) in [6.07, 6.45) is 5.47. The highest BCUT2D eigenvalue weighted by atomic mass is 14.7. The molecule has 0 fully saturated rings. The van der Waals surface area contributed by atoms with Gasteiger partial charge in [-0.1, -0.05) is 12.1 Å². The molecule has 120 valence electrons. The maximum absolute atomic E-state index is 4.54. The Bertz CT molecular complexity index is 938. The van der Waals surface area contributed by atoms with Gasteiger partial charge in [0.15, 0.2) is 0 Å². The second-order valence-corrected chi connectivity index (χ2v) is 5.95. The molecule has 0 aliphatic carbocycles. The van der Waals surface area contributed by atoms with Crippen LogP contribution in [0, 0.1) is 6.92 Å². The van der Waals surface area contributed by atoms with E-state index >= 15 is 0 Å². The van der Waals surface area contributed by atoms with Crippen molar-refractivity contribution >= 4 is 0 Å². The summed E-state index contributed by atoms with van der Waals surface area (Å²) in [5.74, 6) is 0. The van der Waals surface area contributed by atoms with E-state index in [0.29, 0.717) is 0 Å². The highest BCUT2D eigenvalue weighted by molar-refractivity contribution is 5.78. The summed E-state index contributed by atoms with van der Waals surface area (Å²) in [4.78, 5) is 13.5. The average Bonchev–Trinajstić information content (AvgIpc) is 2.69. The molecular weight excluding hydrogens is 306 g/mol. The van der Waals surface area contributed by atoms with Gasteiger partial charge < -0.3 is 0 Å². The molecule has 0 atom stereocenters. The van der Waals surface area contributed by atoms with Crippen LogP contribution in [0.3, 0.4) is 0 Å². The molecule has 0 radical (unpaired) electrons. The minimum absolute atomic E-state index is 0.939. The third-order valence-corrected chi connectivity index (χ3v) is 4.07. The van der Waals surface area contributed by atoms with Crippen molar-refractivity contribution in [3.8, 4) is 33.8 Å². The SMILES string of the molecule is Cc1ccnc(-c2cc(-c3ccccn3)cc(-c3ccccn3)c2)c1. The quantitative estimate of drug-likeness (QED) is 0.521. The minimum Gasteiger partial charge on any atom is -0.256 e. The molecule has 25 heavy (non-hydrogen) atoms. The molecule has 0 N–H and O–H groups in total. The number of benzene rings is 1. The lowest BCUT2D eigenvalue weighted by Crippen LogP contribution is -1.90. The molecule has 0 saturated carbocycles. The normalized spacial score (nSPS) is 10.6. The maximum atomic E-state index is 4.54. The molecule has 0 amide bonds. The lowest BCUT2D eigenvalue weighted by Gasteiger charge is -2.10. The van der Waals surface area contributed by atoms with E-state index in [1.807, 2.05) is 61.1 Å². The maximum Gasteiger partial charge on any atom is 0.0705 e. The molecule has 0 aliphatic rings. The fraction of sp³-hybridized carbons (Fsp3) is 0.0455. The summed E-state index contributed by atoms with van der Waals surface area (Å²) in [7, 11) is 0. The van der Waals surface area contributed by atoms with E-state index in [4.69, 9.17) is 0 Å². The van der Waals surface area contributed by atoms with Crippen molar-refractivity contribution in [2.24, 2.45) is 0 Å². The first-order valence-corrected chi connectivity index (χ1v) is 8.20. The van der Waals surface area contributed by atoms with Gasteiger partial charge in [-0.25, -0.2) is 0 Å². The molecule has 0 aliphatic heterocycles. The monoisotopic (exact) mass is 323 g/mol. The number of hydrogen-bond acceptors (Lipinski definition) is 3. The molecule has 4 aromatic rings. The fourth-order valence-electron chi connectivity index (χ4n) is 2.83. The number of nitrogens with zero attached hydrogens (tertiary/aromatic N) is 3. The summed E-state index contributed by atoms with van der Waals surface area (Å²) < 4.78 is 0. The summed E-state index contributed by atoms with van der Waals surface area (Å²) in [6, 6.07) is 22.4. The van der Waals surface area contributed by atoms with Crippen LogP contribution >= 0.6 is 0 Å². The fourth-order valence-corrected chi connectivity index (χ4v) is 2.83. The largest absolute Gasteiger partial charge is 0.256 e. The predicted molar refractivity (Wildman–Crippen MR) is 101 cm³/mol. The molecule has 0 saturated heterocycles. The van der Waals surface area contributed by atoms with Gasteiger partial charge in [-0.3, -0.25) is 15.0 Å². The van der Waals surface area contributed by atoms with E-state index in [9.17, 15) is 0 Å². The zero-order valence-corrected chi connectivity index (χ0v) is 13.9. The Kier molecular flexibility index (Phi) is 4.05. The van der Waals surface area contributed by atoms with Crippen LogP contribution in [0.15, 0.2) is 85.3 Å². The van der Waals surface area contributed by atoms with Gasteiger partial charge in [0.1, 0.15) is 0 Å². The number of aromatic nitrogens is 3. The minimum atomic E-state index is 0.939. The van der Waals surface area contributed by atoms with E-state index < -0.39 is 0 Å². The average molecular weight is 323 g/mol. The molecule has 1 aromatic carbocycles. The Morgan fingerprint density at radius 2 is 1.04 bits per heavy atom. The van der Waals surface area contributed by atoms with Gasteiger partial charge in [-0.2, -0.15) is 0 Å². The summed E-state index contributed by atoms with van der Waals surface area (Å²) in [6.45, 7) is 2.08. The first-order valence-electron chi connectivity index (χ1n) is 8.20. The van der Waals surface area contributed by atoms with Crippen molar-refractivity contribution in [2.45, 2.75) is 6.92 Å². The van der Waals surface area contributed by atoms with Gasteiger partial charge in [0.25, 0.3) is 0 Å². The Hall–Kier alpha value is -3.33. The lowest BCUT2D eigenvalue weighted by atomic mass is 9.98. The second kappa shape index (κ2) is 6.65. The predicted octanol–water partition coefficient (Wildman–Crippen LogP) is 5.18. The van der Waals surface area contributed by atoms with Crippen LogP contribution in [-0.2, 0) is 0 Å². The van der Waals surface area contributed by atoms with E-state index in [-0.39, 0.29) is 0 Å². The molecule has 3 aromatic heterocycles. The summed E-state index contributed by atoms with van der Waals surface area (Å²) in [5, 5.41) is 0. The Balaban J connectivity index is 1.92. The van der Waals surface area contributed by atoms with Crippen molar-refractivity contribution in [3.05, 3.63) is 90.9 Å². The molecule has 0 bridgehead atoms. The van der Waals surface area contributed by atoms with Gasteiger partial charge in [0.2, 0.25) is 0 Å². The number of hydrogen-bond donors (Lipinski definition) is 0. The third-order valence-electron chi connectivity index (χ3n) is 4.07. The Morgan fingerprint density at radius 1 is 0.520 bits per heavy atom. The Labute approximate surface area is 147 Å². The first-order chi connectivity index (χ1) is 12.3. The number of pyridine rings is 3. The van der Waals surface area contributed by atoms with Crippen molar-refractivity contribution in [3.63, 3.8) is 0 Å². The molecule has 3 heteroatoms. The molecule has 4 rings (SSSR count). The standard InChI is InChI=1S/C22H17N3/c1-16-8-11-25-22(12-16)19-14-17(20-6-2-4-9-23-20)13-18(15-19)21-7-3-5-10-24-21/h2-15H,1H3. The van der Waals surface area contributed by atoms with Crippen LogP contribution in [0.25, 0.3) is 33.8 Å². The lowest BCUT2D eigenvalue weighted by molar-refractivity contribution is 1.28. The van der Waals surface area contributed by atoms with Crippen LogP contribution in [0.4, 0.5) is 0 Å². The molecule has 3 nitrogen and oxygen atoms in total. The highest BCUT2D eigenvalue weighted by Gasteiger charge is 2.09. The summed E-state index contributed by atoms with van der Waals surface area (Å²) in [5.41, 5.74) is 7.20. The Morgan fingerprint density at radius 3 is 1.52 bits per heavy atom. The van der Waals surface area contributed by atoms with Crippen LogP contribution in [0.2, 0.25) is 0 Å². The second-order valence-electron chi connectivity index (χ2n) is 5.95. The third kappa shape index (κ3) is 3.31. The van der Waals surface area contributed by atoms with Gasteiger partial charge >= 0.3 is 0 Å². The van der Waals surface area contributed by atoms with Crippen molar-refractivity contribution in [1.82, 2.24) is 15.0 Å². The first kappa shape index (κ1) is 15.2. The van der Waals surface area contributed by atoms with E-state index in [0.717, 1.165) is 33.8 Å². The molecule has 0 unspecified atom stereocenters. The van der Waals surface area contributed by atoms with Gasteiger partial charge in [-0.05, 0) is 67.1 Å². The molecular formula is C22H17N3. The summed E-state index contributed by atoms with van der Waals surface area (Å²) >= 11 is 0.